The molecule has 1 aromatic carbocycles. The third-order valence-electron chi connectivity index (χ3n) is 2.18. The summed E-state index contributed by atoms with van der Waals surface area (Å²) < 4.78 is 39.6. The standard InChI is InChI=1S/C10H8F3N3/c1-16-6-14-15-9(16)7-4-2-3-5-8(7)10(11,12)13/h2-6H,1H3. The predicted octanol–water partition coefficient (Wildman–Crippen LogP) is 2.50. The average molecular weight is 227 g/mol. The van der Waals surface area contributed by atoms with Gasteiger partial charge in [-0.1, -0.05) is 18.2 Å². The van der Waals surface area contributed by atoms with Crippen LogP contribution in [0.4, 0.5) is 13.2 Å². The number of aryl methyl sites for hydroxylation is 1. The number of hydrogen-bond acceptors (Lipinski definition) is 2. The lowest BCUT2D eigenvalue weighted by Gasteiger charge is -2.11. The molecule has 0 atom stereocenters. The van der Waals surface area contributed by atoms with Crippen molar-refractivity contribution >= 4 is 0 Å². The van der Waals surface area contributed by atoms with Crippen molar-refractivity contribution < 1.29 is 13.2 Å². The predicted molar refractivity (Wildman–Crippen MR) is 51.4 cm³/mol. The Hall–Kier alpha value is -1.85. The van der Waals surface area contributed by atoms with Crippen molar-refractivity contribution in [3.63, 3.8) is 0 Å². The van der Waals surface area contributed by atoms with E-state index in [4.69, 9.17) is 0 Å². The van der Waals surface area contributed by atoms with Gasteiger partial charge >= 0.3 is 6.18 Å². The third kappa shape index (κ3) is 1.78. The summed E-state index contributed by atoms with van der Waals surface area (Å²) in [5.74, 6) is 0.202. The molecule has 0 fully saturated rings. The van der Waals surface area contributed by atoms with Gasteiger partial charge in [-0.15, -0.1) is 10.2 Å². The molecule has 84 valence electrons. The van der Waals surface area contributed by atoms with E-state index in [1.54, 1.807) is 13.1 Å². The number of hydrogen-bond donors (Lipinski definition) is 0. The van der Waals surface area contributed by atoms with Crippen LogP contribution in [0.2, 0.25) is 0 Å². The highest BCUT2D eigenvalue weighted by Crippen LogP contribution is 2.35. The second-order valence-corrected chi connectivity index (χ2v) is 3.31. The molecule has 0 amide bonds. The van der Waals surface area contributed by atoms with E-state index in [9.17, 15) is 13.2 Å². The van der Waals surface area contributed by atoms with E-state index in [1.165, 1.54) is 23.0 Å². The van der Waals surface area contributed by atoms with Gasteiger partial charge in [0.05, 0.1) is 5.56 Å². The van der Waals surface area contributed by atoms with Gasteiger partial charge in [0.1, 0.15) is 6.33 Å². The van der Waals surface area contributed by atoms with Crippen molar-refractivity contribution in [1.82, 2.24) is 14.8 Å². The van der Waals surface area contributed by atoms with Gasteiger partial charge < -0.3 is 4.57 Å². The Balaban J connectivity index is 2.62. The lowest BCUT2D eigenvalue weighted by molar-refractivity contribution is -0.137. The van der Waals surface area contributed by atoms with Gasteiger partial charge in [-0.2, -0.15) is 13.2 Å². The molecule has 0 radical (unpaired) electrons. The van der Waals surface area contributed by atoms with Crippen LogP contribution in [-0.4, -0.2) is 14.8 Å². The quantitative estimate of drug-likeness (QED) is 0.749. The second-order valence-electron chi connectivity index (χ2n) is 3.31. The SMILES string of the molecule is Cn1cnnc1-c1ccccc1C(F)(F)F. The van der Waals surface area contributed by atoms with Gasteiger partial charge in [-0.05, 0) is 6.07 Å². The maximum absolute atomic E-state index is 12.7. The molecule has 1 aromatic heterocycles. The Bertz CT molecular complexity index is 502. The van der Waals surface area contributed by atoms with Crippen LogP contribution in [0.5, 0.6) is 0 Å². The molecule has 0 aliphatic heterocycles. The monoisotopic (exact) mass is 227 g/mol. The molecule has 3 nitrogen and oxygen atoms in total. The third-order valence-corrected chi connectivity index (χ3v) is 2.18. The number of aromatic nitrogens is 3. The fraction of sp³-hybridized carbons (Fsp3) is 0.200. The van der Waals surface area contributed by atoms with Gasteiger partial charge in [0.25, 0.3) is 0 Å². The van der Waals surface area contributed by atoms with E-state index in [2.05, 4.69) is 10.2 Å². The number of nitrogens with zero attached hydrogens (tertiary/aromatic N) is 3. The minimum Gasteiger partial charge on any atom is -0.317 e. The Morgan fingerprint density at radius 2 is 1.88 bits per heavy atom. The molecule has 2 rings (SSSR count). The smallest absolute Gasteiger partial charge is 0.317 e. The summed E-state index contributed by atoms with van der Waals surface area (Å²) in [7, 11) is 1.60. The van der Waals surface area contributed by atoms with Gasteiger partial charge in [-0.3, -0.25) is 0 Å². The summed E-state index contributed by atoms with van der Waals surface area (Å²) in [6.07, 6.45) is -3.02. The van der Waals surface area contributed by atoms with Crippen LogP contribution < -0.4 is 0 Å². The Labute approximate surface area is 89.5 Å². The molecule has 16 heavy (non-hydrogen) atoms. The van der Waals surface area contributed by atoms with Crippen LogP contribution in [0, 0.1) is 0 Å². The number of alkyl halides is 3. The second kappa shape index (κ2) is 3.62. The van der Waals surface area contributed by atoms with E-state index in [0.717, 1.165) is 6.07 Å². The summed E-state index contributed by atoms with van der Waals surface area (Å²) in [5.41, 5.74) is -0.666. The van der Waals surface area contributed by atoms with Crippen molar-refractivity contribution in [1.29, 1.82) is 0 Å². The zero-order valence-electron chi connectivity index (χ0n) is 8.36. The first kappa shape index (κ1) is 10.7. The van der Waals surface area contributed by atoms with E-state index in [-0.39, 0.29) is 11.4 Å². The van der Waals surface area contributed by atoms with Crippen molar-refractivity contribution in [2.75, 3.05) is 0 Å². The topological polar surface area (TPSA) is 30.7 Å². The van der Waals surface area contributed by atoms with Crippen LogP contribution in [-0.2, 0) is 13.2 Å². The highest BCUT2D eigenvalue weighted by atomic mass is 19.4. The first-order valence-corrected chi connectivity index (χ1v) is 4.51. The number of rotatable bonds is 1. The van der Waals surface area contributed by atoms with Crippen LogP contribution in [0.1, 0.15) is 5.56 Å². The lowest BCUT2D eigenvalue weighted by Crippen LogP contribution is -2.08. The fourth-order valence-corrected chi connectivity index (χ4v) is 1.45. The molecule has 0 aliphatic rings. The van der Waals surface area contributed by atoms with E-state index >= 15 is 0 Å². The summed E-state index contributed by atoms with van der Waals surface area (Å²) in [6.45, 7) is 0. The molecule has 0 N–H and O–H groups in total. The first-order valence-electron chi connectivity index (χ1n) is 4.51. The molecular formula is C10H8F3N3. The largest absolute Gasteiger partial charge is 0.417 e. The maximum atomic E-state index is 12.7. The van der Waals surface area contributed by atoms with Crippen LogP contribution >= 0.6 is 0 Å². The van der Waals surface area contributed by atoms with Gasteiger partial charge in [-0.25, -0.2) is 0 Å². The molecular weight excluding hydrogens is 219 g/mol. The van der Waals surface area contributed by atoms with Crippen molar-refractivity contribution in [2.45, 2.75) is 6.18 Å². The molecule has 0 unspecified atom stereocenters. The van der Waals surface area contributed by atoms with Crippen LogP contribution in [0.15, 0.2) is 30.6 Å². The van der Waals surface area contributed by atoms with Crippen LogP contribution in [0.3, 0.4) is 0 Å². The van der Waals surface area contributed by atoms with Crippen molar-refractivity contribution in [2.24, 2.45) is 7.05 Å². The molecule has 0 spiro atoms. The summed E-state index contributed by atoms with van der Waals surface area (Å²) in [4.78, 5) is 0. The first-order chi connectivity index (χ1) is 7.50. The Morgan fingerprint density at radius 1 is 1.19 bits per heavy atom. The van der Waals surface area contributed by atoms with E-state index in [1.807, 2.05) is 0 Å². The highest BCUT2D eigenvalue weighted by Gasteiger charge is 2.34. The van der Waals surface area contributed by atoms with Crippen molar-refractivity contribution in [3.8, 4) is 11.4 Å². The average Bonchev–Trinajstić information content (AvgIpc) is 2.63. The van der Waals surface area contributed by atoms with Gasteiger partial charge in [0, 0.05) is 12.6 Å². The maximum Gasteiger partial charge on any atom is 0.417 e. The molecule has 0 bridgehead atoms. The molecule has 0 saturated heterocycles. The number of halogens is 3. The lowest BCUT2D eigenvalue weighted by atomic mass is 10.1. The van der Waals surface area contributed by atoms with E-state index < -0.39 is 11.7 Å². The molecule has 0 aliphatic carbocycles. The highest BCUT2D eigenvalue weighted by molar-refractivity contribution is 5.61. The number of benzene rings is 1. The van der Waals surface area contributed by atoms with Crippen LogP contribution in [0.25, 0.3) is 11.4 Å². The normalized spacial score (nSPS) is 11.8. The van der Waals surface area contributed by atoms with Crippen molar-refractivity contribution in [3.05, 3.63) is 36.2 Å². The zero-order valence-corrected chi connectivity index (χ0v) is 8.36. The molecule has 1 heterocycles. The minimum atomic E-state index is -4.39. The fourth-order valence-electron chi connectivity index (χ4n) is 1.45. The molecule has 0 saturated carbocycles. The minimum absolute atomic E-state index is 0.0370. The zero-order chi connectivity index (χ0) is 11.8. The summed E-state index contributed by atoms with van der Waals surface area (Å²) in [6, 6.07) is 5.30. The van der Waals surface area contributed by atoms with Gasteiger partial charge in [0.15, 0.2) is 5.82 Å². The molecule has 6 heteroatoms. The molecule has 2 aromatic rings. The van der Waals surface area contributed by atoms with Gasteiger partial charge in [0.2, 0.25) is 0 Å². The Morgan fingerprint density at radius 3 is 2.44 bits per heavy atom. The summed E-state index contributed by atoms with van der Waals surface area (Å²) in [5, 5.41) is 7.24. The summed E-state index contributed by atoms with van der Waals surface area (Å²) >= 11 is 0. The Kier molecular flexibility index (Phi) is 2.41. The van der Waals surface area contributed by atoms with E-state index in [0.29, 0.717) is 0 Å².